The fourth-order valence-corrected chi connectivity index (χ4v) is 3.92. The summed E-state index contributed by atoms with van der Waals surface area (Å²) >= 11 is 2.00. The van der Waals surface area contributed by atoms with Crippen LogP contribution in [0.5, 0.6) is 0 Å². The van der Waals surface area contributed by atoms with E-state index in [1.807, 2.05) is 0 Å². The van der Waals surface area contributed by atoms with E-state index >= 15 is 0 Å². The van der Waals surface area contributed by atoms with Gasteiger partial charge >= 0.3 is 6.18 Å². The van der Waals surface area contributed by atoms with Crippen molar-refractivity contribution in [2.75, 3.05) is 5.32 Å². The fourth-order valence-electron chi connectivity index (χ4n) is 2.29. The zero-order valence-corrected chi connectivity index (χ0v) is 14.3. The minimum atomic E-state index is -4.57. The van der Waals surface area contributed by atoms with Gasteiger partial charge in [-0.25, -0.2) is 4.98 Å². The molecular formula is C16H8F3N3O2S2. The predicted molar refractivity (Wildman–Crippen MR) is 92.4 cm³/mol. The number of amides is 1. The van der Waals surface area contributed by atoms with Crippen molar-refractivity contribution in [1.82, 2.24) is 9.97 Å². The Morgan fingerprint density at radius 1 is 1.19 bits per heavy atom. The van der Waals surface area contributed by atoms with Gasteiger partial charge < -0.3 is 4.42 Å². The standard InChI is InChI=1S/C16H8F3N3O2S2/c17-16(18,19)8-7-9(11-4-2-6-25-11)20-13-12(8)26-15(21-13)22-14(23)10-3-1-5-24-10/h1-7H,(H,20,21,22,23). The number of thiazole rings is 1. The molecule has 0 aliphatic heterocycles. The second-order valence-corrected chi connectivity index (χ2v) is 7.08. The van der Waals surface area contributed by atoms with Gasteiger partial charge in [0.05, 0.1) is 27.1 Å². The third-order valence-corrected chi connectivity index (χ3v) is 5.29. The maximum Gasteiger partial charge on any atom is 0.417 e. The monoisotopic (exact) mass is 395 g/mol. The van der Waals surface area contributed by atoms with Crippen molar-refractivity contribution >= 4 is 44.1 Å². The summed E-state index contributed by atoms with van der Waals surface area (Å²) in [5.41, 5.74) is -0.709. The zero-order chi connectivity index (χ0) is 18.3. The molecule has 4 aromatic rings. The number of fused-ring (bicyclic) bond motifs is 1. The molecule has 0 aliphatic carbocycles. The summed E-state index contributed by atoms with van der Waals surface area (Å²) in [4.78, 5) is 20.9. The Labute approximate surface area is 152 Å². The largest absolute Gasteiger partial charge is 0.459 e. The highest BCUT2D eigenvalue weighted by Crippen LogP contribution is 2.40. The van der Waals surface area contributed by atoms with E-state index in [0.717, 1.165) is 17.4 Å². The Balaban J connectivity index is 1.80. The third-order valence-electron chi connectivity index (χ3n) is 3.41. The Morgan fingerprint density at radius 3 is 2.69 bits per heavy atom. The number of thiophene rings is 1. The maximum atomic E-state index is 13.5. The summed E-state index contributed by atoms with van der Waals surface area (Å²) in [5.74, 6) is -0.561. The van der Waals surface area contributed by atoms with Crippen molar-refractivity contribution in [2.24, 2.45) is 0 Å². The van der Waals surface area contributed by atoms with E-state index in [1.54, 1.807) is 17.5 Å². The summed E-state index contributed by atoms with van der Waals surface area (Å²) < 4.78 is 45.3. The van der Waals surface area contributed by atoms with Crippen LogP contribution >= 0.6 is 22.7 Å². The Morgan fingerprint density at radius 2 is 2.04 bits per heavy atom. The molecule has 10 heteroatoms. The van der Waals surface area contributed by atoms with Gasteiger partial charge in [-0.2, -0.15) is 18.2 Å². The lowest BCUT2D eigenvalue weighted by Crippen LogP contribution is -2.10. The van der Waals surface area contributed by atoms with Gasteiger partial charge in [0.2, 0.25) is 0 Å². The quantitative estimate of drug-likeness (QED) is 0.512. The Kier molecular flexibility index (Phi) is 4.00. The number of nitrogens with zero attached hydrogens (tertiary/aromatic N) is 2. The predicted octanol–water partition coefficient (Wildman–Crippen LogP) is 5.28. The fraction of sp³-hybridized carbons (Fsp3) is 0.0625. The van der Waals surface area contributed by atoms with Gasteiger partial charge in [0.25, 0.3) is 5.91 Å². The lowest BCUT2D eigenvalue weighted by atomic mass is 10.2. The number of carbonyl (C=O) groups excluding carboxylic acids is 1. The number of nitrogens with one attached hydrogen (secondary N) is 1. The van der Waals surface area contributed by atoms with Crippen molar-refractivity contribution in [3.63, 3.8) is 0 Å². The van der Waals surface area contributed by atoms with Crippen LogP contribution in [0, 0.1) is 0 Å². The van der Waals surface area contributed by atoms with E-state index in [0.29, 0.717) is 4.88 Å². The van der Waals surface area contributed by atoms with Gasteiger partial charge in [0, 0.05) is 0 Å². The van der Waals surface area contributed by atoms with Crippen molar-refractivity contribution in [3.05, 3.63) is 53.3 Å². The van der Waals surface area contributed by atoms with E-state index in [9.17, 15) is 18.0 Å². The molecule has 0 radical (unpaired) electrons. The molecule has 0 spiro atoms. The van der Waals surface area contributed by atoms with Crippen LogP contribution in [0.2, 0.25) is 0 Å². The number of aromatic nitrogens is 2. The van der Waals surface area contributed by atoms with Gasteiger partial charge in [-0.1, -0.05) is 17.4 Å². The number of carbonyl (C=O) groups is 1. The highest BCUT2D eigenvalue weighted by atomic mass is 32.1. The molecule has 0 fully saturated rings. The van der Waals surface area contributed by atoms with Crippen LogP contribution in [-0.4, -0.2) is 15.9 Å². The minimum absolute atomic E-state index is 0.0164. The van der Waals surface area contributed by atoms with Gasteiger partial charge in [0.1, 0.15) is 0 Å². The number of rotatable bonds is 3. The van der Waals surface area contributed by atoms with Crippen molar-refractivity contribution < 1.29 is 22.4 Å². The van der Waals surface area contributed by atoms with Crippen molar-refractivity contribution in [1.29, 1.82) is 0 Å². The molecule has 26 heavy (non-hydrogen) atoms. The normalized spacial score (nSPS) is 11.8. The molecule has 0 saturated carbocycles. The number of anilines is 1. The molecular weight excluding hydrogens is 387 g/mol. The summed E-state index contributed by atoms with van der Waals surface area (Å²) in [6, 6.07) is 7.39. The SMILES string of the molecule is O=C(Nc1nc2nc(-c3cccs3)cc(C(F)(F)F)c2s1)c1ccco1. The van der Waals surface area contributed by atoms with Crippen LogP contribution in [0.4, 0.5) is 18.3 Å². The second kappa shape index (κ2) is 6.22. The molecule has 132 valence electrons. The maximum absolute atomic E-state index is 13.5. The minimum Gasteiger partial charge on any atom is -0.459 e. The summed E-state index contributed by atoms with van der Waals surface area (Å²) in [7, 11) is 0. The average molecular weight is 395 g/mol. The highest BCUT2D eigenvalue weighted by molar-refractivity contribution is 7.22. The van der Waals surface area contributed by atoms with Crippen LogP contribution in [0.25, 0.3) is 20.9 Å². The Bertz CT molecular complexity index is 1070. The topological polar surface area (TPSA) is 68.0 Å². The average Bonchev–Trinajstić information content (AvgIpc) is 3.32. The molecule has 0 unspecified atom stereocenters. The van der Waals surface area contributed by atoms with Crippen LogP contribution < -0.4 is 5.32 Å². The molecule has 0 atom stereocenters. The third kappa shape index (κ3) is 3.08. The van der Waals surface area contributed by atoms with Gasteiger partial charge in [-0.15, -0.1) is 11.3 Å². The molecule has 0 saturated heterocycles. The number of hydrogen-bond acceptors (Lipinski definition) is 6. The lowest BCUT2D eigenvalue weighted by molar-refractivity contribution is -0.136. The summed E-state index contributed by atoms with van der Waals surface area (Å²) in [5, 5.41) is 4.21. The zero-order valence-electron chi connectivity index (χ0n) is 12.7. The molecule has 0 bridgehead atoms. The summed E-state index contributed by atoms with van der Waals surface area (Å²) in [6.07, 6.45) is -3.24. The van der Waals surface area contributed by atoms with E-state index in [-0.39, 0.29) is 26.9 Å². The van der Waals surface area contributed by atoms with Gasteiger partial charge in [-0.05, 0) is 29.6 Å². The molecule has 4 heterocycles. The number of hydrogen-bond donors (Lipinski definition) is 1. The molecule has 0 aliphatic rings. The first-order chi connectivity index (χ1) is 12.4. The lowest BCUT2D eigenvalue weighted by Gasteiger charge is -2.08. The van der Waals surface area contributed by atoms with Gasteiger partial charge in [-0.3, -0.25) is 10.1 Å². The highest BCUT2D eigenvalue weighted by Gasteiger charge is 2.35. The van der Waals surface area contributed by atoms with Gasteiger partial charge in [0.15, 0.2) is 16.5 Å². The first-order valence-electron chi connectivity index (χ1n) is 7.19. The molecule has 1 N–H and O–H groups in total. The van der Waals surface area contributed by atoms with Crippen LogP contribution in [0.15, 0.2) is 46.4 Å². The second-order valence-electron chi connectivity index (χ2n) is 5.13. The first-order valence-corrected chi connectivity index (χ1v) is 8.89. The molecule has 1 amide bonds. The Hall–Kier alpha value is -2.72. The van der Waals surface area contributed by atoms with Crippen molar-refractivity contribution in [2.45, 2.75) is 6.18 Å². The van der Waals surface area contributed by atoms with E-state index in [1.165, 1.54) is 29.7 Å². The molecule has 0 aromatic carbocycles. The molecule has 4 aromatic heterocycles. The summed E-state index contributed by atoms with van der Waals surface area (Å²) in [6.45, 7) is 0. The smallest absolute Gasteiger partial charge is 0.417 e. The van der Waals surface area contributed by atoms with Crippen molar-refractivity contribution in [3.8, 4) is 10.6 Å². The van der Waals surface area contributed by atoms with Crippen LogP contribution in [0.3, 0.4) is 0 Å². The number of alkyl halides is 3. The van der Waals surface area contributed by atoms with E-state index in [4.69, 9.17) is 4.42 Å². The molecule has 5 nitrogen and oxygen atoms in total. The van der Waals surface area contributed by atoms with Crippen LogP contribution in [-0.2, 0) is 6.18 Å². The molecule has 4 rings (SSSR count). The first kappa shape index (κ1) is 16.7. The number of pyridine rings is 1. The van der Waals surface area contributed by atoms with Crippen LogP contribution in [0.1, 0.15) is 16.1 Å². The number of furan rings is 1. The van der Waals surface area contributed by atoms with E-state index in [2.05, 4.69) is 15.3 Å². The van der Waals surface area contributed by atoms with E-state index < -0.39 is 17.6 Å². The number of halogens is 3.